The third-order valence-corrected chi connectivity index (χ3v) is 5.84. The van der Waals surface area contributed by atoms with Crippen LogP contribution in [0.15, 0.2) is 24.3 Å². The summed E-state index contributed by atoms with van der Waals surface area (Å²) in [6.07, 6.45) is 5.35. The number of likely N-dealkylation sites (N-methyl/N-ethyl adjacent to an activating group) is 1. The quantitative estimate of drug-likeness (QED) is 0.637. The van der Waals surface area contributed by atoms with Crippen molar-refractivity contribution in [2.45, 2.75) is 57.7 Å². The van der Waals surface area contributed by atoms with Crippen LogP contribution >= 0.6 is 0 Å². The van der Waals surface area contributed by atoms with Crippen LogP contribution < -0.4 is 15.5 Å². The number of carbonyl (C=O) groups is 2. The first-order valence-corrected chi connectivity index (χ1v) is 10.4. The van der Waals surface area contributed by atoms with Gasteiger partial charge in [0.05, 0.1) is 6.54 Å². The van der Waals surface area contributed by atoms with Crippen LogP contribution in [0.1, 0.15) is 44.6 Å². The van der Waals surface area contributed by atoms with Crippen LogP contribution in [0.25, 0.3) is 0 Å². The van der Waals surface area contributed by atoms with Gasteiger partial charge in [-0.25, -0.2) is 4.79 Å². The molecule has 28 heavy (non-hydrogen) atoms. The third-order valence-electron chi connectivity index (χ3n) is 5.84. The number of hydrogen-bond donors (Lipinski definition) is 3. The molecule has 0 aromatic heterocycles. The highest BCUT2D eigenvalue weighted by molar-refractivity contribution is 5.74. The van der Waals surface area contributed by atoms with Gasteiger partial charge in [0.25, 0.3) is 0 Å². The summed E-state index contributed by atoms with van der Waals surface area (Å²) in [5.41, 5.74) is 2.36. The lowest BCUT2D eigenvalue weighted by molar-refractivity contribution is -0.139. The van der Waals surface area contributed by atoms with Gasteiger partial charge in [0.2, 0.25) is 0 Å². The molecule has 7 nitrogen and oxygen atoms in total. The second kappa shape index (κ2) is 9.78. The number of para-hydroxylation sites is 1. The maximum Gasteiger partial charge on any atom is 0.317 e. The number of anilines is 1. The lowest BCUT2D eigenvalue weighted by Gasteiger charge is -2.42. The van der Waals surface area contributed by atoms with Crippen molar-refractivity contribution in [3.05, 3.63) is 29.8 Å². The number of piperidine rings is 1. The fourth-order valence-electron chi connectivity index (χ4n) is 4.19. The SMILES string of the molecule is CCN(CC(=O)O)C1CC(NC(=O)NCc2ccccc2N2CCCCC2)C1. The Bertz CT molecular complexity index is 669. The van der Waals surface area contributed by atoms with Crippen molar-refractivity contribution in [3.63, 3.8) is 0 Å². The van der Waals surface area contributed by atoms with E-state index in [0.29, 0.717) is 13.1 Å². The lowest BCUT2D eigenvalue weighted by atomic mass is 9.85. The Labute approximate surface area is 167 Å². The van der Waals surface area contributed by atoms with Crippen LogP contribution in [-0.2, 0) is 11.3 Å². The molecule has 3 N–H and O–H groups in total. The number of nitrogens with one attached hydrogen (secondary N) is 2. The van der Waals surface area contributed by atoms with E-state index >= 15 is 0 Å². The van der Waals surface area contributed by atoms with Gasteiger partial charge in [-0.05, 0) is 50.3 Å². The summed E-state index contributed by atoms with van der Waals surface area (Å²) in [7, 11) is 0. The van der Waals surface area contributed by atoms with Crippen LogP contribution in [0.5, 0.6) is 0 Å². The summed E-state index contributed by atoms with van der Waals surface area (Å²) in [5, 5.41) is 15.0. The first-order chi connectivity index (χ1) is 13.6. The highest BCUT2D eigenvalue weighted by Crippen LogP contribution is 2.26. The second-order valence-electron chi connectivity index (χ2n) is 7.78. The number of carboxylic acids is 1. The average molecular weight is 389 g/mol. The van der Waals surface area contributed by atoms with Gasteiger partial charge in [0, 0.05) is 37.4 Å². The van der Waals surface area contributed by atoms with E-state index in [4.69, 9.17) is 5.11 Å². The standard InChI is InChI=1S/C21H32N4O3/c1-2-24(15-20(26)27)18-12-17(13-18)23-21(28)22-14-16-8-4-5-9-19(16)25-10-6-3-7-11-25/h4-5,8-9,17-18H,2-3,6-7,10-15H2,1H3,(H,26,27)(H2,22,23,28). The molecule has 0 radical (unpaired) electrons. The molecule has 1 aliphatic heterocycles. The highest BCUT2D eigenvalue weighted by Gasteiger charge is 2.34. The van der Waals surface area contributed by atoms with E-state index < -0.39 is 5.97 Å². The van der Waals surface area contributed by atoms with Gasteiger partial charge in [-0.2, -0.15) is 0 Å². The van der Waals surface area contributed by atoms with Crippen molar-refractivity contribution >= 4 is 17.7 Å². The minimum atomic E-state index is -0.802. The molecule has 0 atom stereocenters. The molecule has 0 unspecified atom stereocenters. The van der Waals surface area contributed by atoms with Gasteiger partial charge in [-0.15, -0.1) is 0 Å². The Morgan fingerprint density at radius 2 is 1.89 bits per heavy atom. The molecule has 0 bridgehead atoms. The Hall–Kier alpha value is -2.28. The van der Waals surface area contributed by atoms with Crippen LogP contribution in [0, 0.1) is 0 Å². The number of nitrogens with zero attached hydrogens (tertiary/aromatic N) is 2. The second-order valence-corrected chi connectivity index (χ2v) is 7.78. The summed E-state index contributed by atoms with van der Waals surface area (Å²) in [6, 6.07) is 8.49. The molecule has 2 aliphatic rings. The monoisotopic (exact) mass is 388 g/mol. The molecule has 2 fully saturated rings. The number of rotatable bonds is 8. The molecule has 3 rings (SSSR count). The Morgan fingerprint density at radius 3 is 2.57 bits per heavy atom. The normalized spacial score (nSPS) is 21.9. The Morgan fingerprint density at radius 1 is 1.18 bits per heavy atom. The number of hydrogen-bond acceptors (Lipinski definition) is 4. The van der Waals surface area contributed by atoms with E-state index in [1.54, 1.807) is 0 Å². The molecule has 1 aliphatic carbocycles. The number of benzene rings is 1. The predicted octanol–water partition coefficient (Wildman–Crippen LogP) is 2.41. The van der Waals surface area contributed by atoms with Crippen molar-refractivity contribution in [1.82, 2.24) is 15.5 Å². The first kappa shape index (κ1) is 20.5. The largest absolute Gasteiger partial charge is 0.480 e. The Balaban J connectivity index is 1.44. The van der Waals surface area contributed by atoms with E-state index in [1.807, 2.05) is 17.9 Å². The number of carbonyl (C=O) groups excluding carboxylic acids is 1. The zero-order valence-corrected chi connectivity index (χ0v) is 16.7. The molecule has 1 saturated heterocycles. The fraction of sp³-hybridized carbons (Fsp3) is 0.619. The molecule has 1 aromatic rings. The number of carboxylic acid groups (broad SMARTS) is 1. The summed E-state index contributed by atoms with van der Waals surface area (Å²) in [6.45, 7) is 5.41. The van der Waals surface area contributed by atoms with E-state index in [9.17, 15) is 9.59 Å². The van der Waals surface area contributed by atoms with Crippen molar-refractivity contribution < 1.29 is 14.7 Å². The summed E-state index contributed by atoms with van der Waals surface area (Å²) in [5.74, 6) is -0.802. The molecule has 154 valence electrons. The smallest absolute Gasteiger partial charge is 0.317 e. The topological polar surface area (TPSA) is 84.9 Å². The van der Waals surface area contributed by atoms with E-state index in [2.05, 4.69) is 33.7 Å². The van der Waals surface area contributed by atoms with Gasteiger partial charge >= 0.3 is 12.0 Å². The molecule has 0 spiro atoms. The van der Waals surface area contributed by atoms with Gasteiger partial charge in [0.1, 0.15) is 0 Å². The van der Waals surface area contributed by atoms with E-state index in [-0.39, 0.29) is 24.7 Å². The van der Waals surface area contributed by atoms with Crippen LogP contribution in [0.2, 0.25) is 0 Å². The third kappa shape index (κ3) is 5.38. The molecular formula is C21H32N4O3. The molecule has 1 aromatic carbocycles. The van der Waals surface area contributed by atoms with Crippen molar-refractivity contribution in [1.29, 1.82) is 0 Å². The van der Waals surface area contributed by atoms with Crippen molar-refractivity contribution in [3.8, 4) is 0 Å². The van der Waals surface area contributed by atoms with Crippen molar-refractivity contribution in [2.24, 2.45) is 0 Å². The maximum absolute atomic E-state index is 12.3. The van der Waals surface area contributed by atoms with E-state index in [1.165, 1.54) is 24.9 Å². The number of aliphatic carboxylic acids is 1. The van der Waals surface area contributed by atoms with Crippen molar-refractivity contribution in [2.75, 3.05) is 31.1 Å². The zero-order valence-electron chi connectivity index (χ0n) is 16.7. The molecular weight excluding hydrogens is 356 g/mol. The Kier molecular flexibility index (Phi) is 7.14. The summed E-state index contributed by atoms with van der Waals surface area (Å²) in [4.78, 5) is 27.6. The molecule has 1 saturated carbocycles. The van der Waals surface area contributed by atoms with Gasteiger partial charge < -0.3 is 20.6 Å². The van der Waals surface area contributed by atoms with Gasteiger partial charge in [-0.1, -0.05) is 25.1 Å². The van der Waals surface area contributed by atoms with E-state index in [0.717, 1.165) is 31.5 Å². The highest BCUT2D eigenvalue weighted by atomic mass is 16.4. The minimum Gasteiger partial charge on any atom is -0.480 e. The predicted molar refractivity (Wildman–Crippen MR) is 110 cm³/mol. The lowest BCUT2D eigenvalue weighted by Crippen LogP contribution is -2.56. The molecule has 2 amide bonds. The maximum atomic E-state index is 12.3. The fourth-order valence-corrected chi connectivity index (χ4v) is 4.19. The summed E-state index contributed by atoms with van der Waals surface area (Å²) < 4.78 is 0. The number of amides is 2. The number of urea groups is 1. The molecule has 7 heteroatoms. The minimum absolute atomic E-state index is 0.0629. The summed E-state index contributed by atoms with van der Waals surface area (Å²) >= 11 is 0. The van der Waals surface area contributed by atoms with Crippen LogP contribution in [0.4, 0.5) is 10.5 Å². The van der Waals surface area contributed by atoms with Crippen LogP contribution in [0.3, 0.4) is 0 Å². The van der Waals surface area contributed by atoms with Gasteiger partial charge in [0.15, 0.2) is 0 Å². The first-order valence-electron chi connectivity index (χ1n) is 10.4. The zero-order chi connectivity index (χ0) is 19.9. The molecule has 1 heterocycles. The average Bonchev–Trinajstić information content (AvgIpc) is 2.68. The van der Waals surface area contributed by atoms with Crippen LogP contribution in [-0.4, -0.2) is 60.3 Å². The van der Waals surface area contributed by atoms with Gasteiger partial charge in [-0.3, -0.25) is 9.69 Å².